The molecule has 4 rings (SSSR count). The summed E-state index contributed by atoms with van der Waals surface area (Å²) in [7, 11) is 0. The fourth-order valence-electron chi connectivity index (χ4n) is 5.83. The zero-order valence-electron chi connectivity index (χ0n) is 22.7. The predicted molar refractivity (Wildman–Crippen MR) is 144 cm³/mol. The van der Waals surface area contributed by atoms with Crippen LogP contribution in [0.25, 0.3) is 0 Å². The van der Waals surface area contributed by atoms with Crippen LogP contribution < -0.4 is 15.5 Å². The average Bonchev–Trinajstić information content (AvgIpc) is 3.49. The maximum Gasteiger partial charge on any atom is 0.252 e. The maximum absolute atomic E-state index is 13.7. The van der Waals surface area contributed by atoms with Gasteiger partial charge in [-0.15, -0.1) is 0 Å². The van der Waals surface area contributed by atoms with Crippen molar-refractivity contribution in [3.8, 4) is 0 Å². The Balaban J connectivity index is 1.44. The van der Waals surface area contributed by atoms with E-state index in [1.54, 1.807) is 12.1 Å². The summed E-state index contributed by atoms with van der Waals surface area (Å²) in [4.78, 5) is 57.8. The Bertz CT molecular complexity index is 1020. The van der Waals surface area contributed by atoms with E-state index in [1.807, 2.05) is 32.9 Å². The number of hydrogen-bond donors (Lipinski definition) is 3. The number of carbonyl (C=O) groups is 4. The smallest absolute Gasteiger partial charge is 0.252 e. The third-order valence-corrected chi connectivity index (χ3v) is 7.76. The molecule has 3 heterocycles. The summed E-state index contributed by atoms with van der Waals surface area (Å²) in [6, 6.07) is 5.48. The van der Waals surface area contributed by atoms with Crippen molar-refractivity contribution in [1.82, 2.24) is 20.4 Å². The van der Waals surface area contributed by atoms with Gasteiger partial charge in [-0.05, 0) is 49.4 Å². The van der Waals surface area contributed by atoms with Gasteiger partial charge < -0.3 is 30.4 Å². The first-order chi connectivity index (χ1) is 18.2. The lowest BCUT2D eigenvalue weighted by molar-refractivity contribution is -0.142. The molecule has 3 fully saturated rings. The van der Waals surface area contributed by atoms with E-state index in [4.69, 9.17) is 0 Å². The van der Waals surface area contributed by atoms with Gasteiger partial charge in [0.2, 0.25) is 5.91 Å². The molecule has 4 unspecified atom stereocenters. The number of piperazine rings is 1. The number of amides is 3. The molecule has 0 bridgehead atoms. The van der Waals surface area contributed by atoms with Crippen LogP contribution in [0.2, 0.25) is 0 Å². The van der Waals surface area contributed by atoms with E-state index in [2.05, 4.69) is 15.5 Å². The van der Waals surface area contributed by atoms with Crippen LogP contribution in [0.3, 0.4) is 0 Å². The fraction of sp³-hybridized carbons (Fsp3) is 0.643. The summed E-state index contributed by atoms with van der Waals surface area (Å²) in [6.07, 6.45) is 0.763. The van der Waals surface area contributed by atoms with E-state index in [1.165, 1.54) is 9.80 Å². The lowest BCUT2D eigenvalue weighted by Crippen LogP contribution is -2.53. The van der Waals surface area contributed by atoms with Crippen molar-refractivity contribution in [2.24, 2.45) is 5.92 Å². The fourth-order valence-corrected chi connectivity index (χ4v) is 5.83. The Morgan fingerprint density at radius 1 is 1.05 bits per heavy atom. The molecule has 10 heteroatoms. The Morgan fingerprint density at radius 3 is 2.37 bits per heavy atom. The van der Waals surface area contributed by atoms with Crippen LogP contribution in [0.15, 0.2) is 24.3 Å². The highest BCUT2D eigenvalue weighted by atomic mass is 16.3. The van der Waals surface area contributed by atoms with Crippen molar-refractivity contribution in [3.63, 3.8) is 0 Å². The predicted octanol–water partition coefficient (Wildman–Crippen LogP) is 0.783. The van der Waals surface area contributed by atoms with Gasteiger partial charge in [0.25, 0.3) is 11.8 Å². The van der Waals surface area contributed by atoms with Crippen LogP contribution in [-0.2, 0) is 14.4 Å². The summed E-state index contributed by atoms with van der Waals surface area (Å²) in [5.41, 5.74) is 1.53. The SMILES string of the molecule is CCCC(O)C(=O)N1CC(=O)C2C1CCN2C(=O)C(CC(C)C)NC(=O)c1ccc(N2CCNCC2)cc1. The third-order valence-electron chi connectivity index (χ3n) is 7.76. The Kier molecular flexibility index (Phi) is 9.04. The van der Waals surface area contributed by atoms with Gasteiger partial charge in [-0.25, -0.2) is 0 Å². The molecular weight excluding hydrogens is 486 g/mol. The lowest BCUT2D eigenvalue weighted by Gasteiger charge is -2.30. The van der Waals surface area contributed by atoms with Crippen molar-refractivity contribution >= 4 is 29.2 Å². The summed E-state index contributed by atoms with van der Waals surface area (Å²) >= 11 is 0. The first kappa shape index (κ1) is 28.0. The quantitative estimate of drug-likeness (QED) is 0.434. The molecule has 0 spiro atoms. The normalized spacial score (nSPS) is 23.0. The zero-order chi connectivity index (χ0) is 27.4. The van der Waals surface area contributed by atoms with Crippen LogP contribution in [0.1, 0.15) is 56.8 Å². The van der Waals surface area contributed by atoms with Gasteiger partial charge >= 0.3 is 0 Å². The van der Waals surface area contributed by atoms with Crippen molar-refractivity contribution in [2.75, 3.05) is 44.2 Å². The zero-order valence-corrected chi connectivity index (χ0v) is 22.7. The summed E-state index contributed by atoms with van der Waals surface area (Å²) in [6.45, 7) is 9.75. The standard InChI is InChI=1S/C28H41N5O5/c1-4-5-23(34)28(38)33-17-24(35)25-22(33)10-13-32(25)27(37)21(16-18(2)3)30-26(36)19-6-8-20(9-7-19)31-14-11-29-12-15-31/h6-9,18,21-23,25,29,34H,4-5,10-17H2,1-3H3,(H,30,36). The number of nitrogens with one attached hydrogen (secondary N) is 2. The molecule has 208 valence electrons. The minimum atomic E-state index is -1.14. The molecule has 0 aromatic heterocycles. The minimum absolute atomic E-state index is 0.0979. The van der Waals surface area contributed by atoms with Crippen molar-refractivity contribution in [1.29, 1.82) is 0 Å². The minimum Gasteiger partial charge on any atom is -0.383 e. The van der Waals surface area contributed by atoms with Gasteiger partial charge in [-0.2, -0.15) is 0 Å². The first-order valence-corrected chi connectivity index (χ1v) is 13.9. The molecule has 4 atom stereocenters. The highest BCUT2D eigenvalue weighted by Gasteiger charge is 2.52. The van der Waals surface area contributed by atoms with Crippen molar-refractivity contribution < 1.29 is 24.3 Å². The number of benzene rings is 1. The van der Waals surface area contributed by atoms with E-state index in [0.29, 0.717) is 37.8 Å². The average molecular weight is 528 g/mol. The molecule has 3 saturated heterocycles. The highest BCUT2D eigenvalue weighted by molar-refractivity contribution is 6.01. The number of ketones is 1. The molecular formula is C28H41N5O5. The van der Waals surface area contributed by atoms with E-state index in [-0.39, 0.29) is 30.1 Å². The number of Topliss-reactive ketones (excluding diaryl/α,β-unsaturated/α-hetero) is 1. The molecule has 1 aromatic carbocycles. The number of likely N-dealkylation sites (tertiary alicyclic amines) is 2. The van der Waals surface area contributed by atoms with Crippen LogP contribution in [-0.4, -0.2) is 102 Å². The summed E-state index contributed by atoms with van der Waals surface area (Å²) in [5.74, 6) is -1.13. The molecule has 3 N–H and O–H groups in total. The molecule has 38 heavy (non-hydrogen) atoms. The number of rotatable bonds is 9. The Hall–Kier alpha value is -2.98. The van der Waals surface area contributed by atoms with Crippen LogP contribution in [0.5, 0.6) is 0 Å². The second-order valence-electron chi connectivity index (χ2n) is 11.0. The van der Waals surface area contributed by atoms with Crippen LogP contribution >= 0.6 is 0 Å². The maximum atomic E-state index is 13.7. The van der Waals surface area contributed by atoms with E-state index < -0.39 is 30.1 Å². The largest absolute Gasteiger partial charge is 0.383 e. The number of anilines is 1. The molecule has 10 nitrogen and oxygen atoms in total. The summed E-state index contributed by atoms with van der Waals surface area (Å²) < 4.78 is 0. The van der Waals surface area contributed by atoms with Gasteiger partial charge in [0.1, 0.15) is 18.2 Å². The van der Waals surface area contributed by atoms with Crippen molar-refractivity contribution in [3.05, 3.63) is 29.8 Å². The van der Waals surface area contributed by atoms with Crippen LogP contribution in [0, 0.1) is 5.92 Å². The Morgan fingerprint density at radius 2 is 1.74 bits per heavy atom. The van der Waals surface area contributed by atoms with Gasteiger partial charge in [0.15, 0.2) is 5.78 Å². The van der Waals surface area contributed by atoms with E-state index in [0.717, 1.165) is 31.9 Å². The first-order valence-electron chi connectivity index (χ1n) is 13.9. The van der Waals surface area contributed by atoms with Gasteiger partial charge in [-0.3, -0.25) is 19.2 Å². The monoisotopic (exact) mass is 527 g/mol. The van der Waals surface area contributed by atoms with Gasteiger partial charge in [0, 0.05) is 44.0 Å². The molecule has 0 aliphatic carbocycles. The number of aliphatic hydroxyl groups excluding tert-OH is 1. The second kappa shape index (κ2) is 12.3. The van der Waals surface area contributed by atoms with E-state index in [9.17, 15) is 24.3 Å². The number of aliphatic hydroxyl groups is 1. The molecule has 0 saturated carbocycles. The lowest BCUT2D eigenvalue weighted by atomic mass is 10.0. The molecule has 3 aliphatic heterocycles. The third kappa shape index (κ3) is 6.02. The van der Waals surface area contributed by atoms with Crippen molar-refractivity contribution in [2.45, 2.75) is 70.7 Å². The van der Waals surface area contributed by atoms with E-state index >= 15 is 0 Å². The summed E-state index contributed by atoms with van der Waals surface area (Å²) in [5, 5.41) is 16.5. The van der Waals surface area contributed by atoms with Gasteiger partial charge in [-0.1, -0.05) is 27.2 Å². The number of hydrogen-bond acceptors (Lipinski definition) is 7. The number of carbonyl (C=O) groups excluding carboxylic acids is 4. The number of nitrogens with zero attached hydrogens (tertiary/aromatic N) is 3. The topological polar surface area (TPSA) is 122 Å². The van der Waals surface area contributed by atoms with Gasteiger partial charge in [0.05, 0.1) is 12.6 Å². The molecule has 0 radical (unpaired) electrons. The van der Waals surface area contributed by atoms with Crippen LogP contribution in [0.4, 0.5) is 5.69 Å². The second-order valence-corrected chi connectivity index (χ2v) is 11.0. The molecule has 3 amide bonds. The molecule has 1 aromatic rings. The number of fused-ring (bicyclic) bond motifs is 1. The Labute approximate surface area is 224 Å². The molecule has 3 aliphatic rings. The highest BCUT2D eigenvalue weighted by Crippen LogP contribution is 2.31.